The molecule has 0 bridgehead atoms. The molecule has 0 aliphatic carbocycles. The fourth-order valence-electron chi connectivity index (χ4n) is 0.416. The molecule has 0 radical (unpaired) electrons. The molecule has 0 aromatic heterocycles. The molecular formula is C5H7N3. The maximum absolute atomic E-state index is 3.95. The Balaban J connectivity index is 2.66. The van der Waals surface area contributed by atoms with Crippen LogP contribution < -0.4 is 0 Å². The Morgan fingerprint density at radius 3 is 3.12 bits per heavy atom. The van der Waals surface area contributed by atoms with E-state index >= 15 is 0 Å². The first-order valence-electron chi connectivity index (χ1n) is 2.48. The van der Waals surface area contributed by atoms with Crippen molar-refractivity contribution in [2.24, 2.45) is 15.2 Å². The zero-order valence-corrected chi connectivity index (χ0v) is 4.65. The van der Waals surface area contributed by atoms with Crippen molar-refractivity contribution in [3.05, 3.63) is 12.3 Å². The summed E-state index contributed by atoms with van der Waals surface area (Å²) in [4.78, 5) is 3.95. The Hall–Kier alpha value is -0.990. The topological polar surface area (TPSA) is 37.1 Å². The lowest BCUT2D eigenvalue weighted by Gasteiger charge is -1.89. The van der Waals surface area contributed by atoms with Gasteiger partial charge in [0, 0.05) is 6.20 Å². The molecule has 0 spiro atoms. The van der Waals surface area contributed by atoms with Crippen molar-refractivity contribution >= 4 is 6.34 Å². The first-order valence-corrected chi connectivity index (χ1v) is 2.48. The number of rotatable bonds is 0. The number of nitrogens with zero attached hydrogens (tertiary/aromatic N) is 3. The van der Waals surface area contributed by atoms with Crippen molar-refractivity contribution in [3.8, 4) is 0 Å². The van der Waals surface area contributed by atoms with Crippen molar-refractivity contribution in [2.45, 2.75) is 13.0 Å². The van der Waals surface area contributed by atoms with Crippen LogP contribution in [-0.4, -0.2) is 12.4 Å². The molecule has 0 amide bonds. The van der Waals surface area contributed by atoms with Gasteiger partial charge in [-0.25, -0.2) is 0 Å². The van der Waals surface area contributed by atoms with Crippen LogP contribution in [0.25, 0.3) is 0 Å². The summed E-state index contributed by atoms with van der Waals surface area (Å²) in [5.41, 5.74) is 0. The SMILES string of the molecule is CC1C=CN=NC=N1. The van der Waals surface area contributed by atoms with Crippen molar-refractivity contribution in [1.29, 1.82) is 0 Å². The van der Waals surface area contributed by atoms with E-state index in [-0.39, 0.29) is 6.04 Å². The molecule has 1 heterocycles. The molecule has 1 aliphatic heterocycles. The van der Waals surface area contributed by atoms with E-state index in [2.05, 4.69) is 15.2 Å². The molecule has 0 saturated carbocycles. The average molecular weight is 109 g/mol. The molecule has 0 aromatic rings. The first-order chi connectivity index (χ1) is 3.89. The van der Waals surface area contributed by atoms with Crippen molar-refractivity contribution in [2.75, 3.05) is 0 Å². The molecule has 0 fully saturated rings. The van der Waals surface area contributed by atoms with E-state index in [1.165, 1.54) is 6.34 Å². The molecule has 8 heavy (non-hydrogen) atoms. The smallest absolute Gasteiger partial charge is 0.133 e. The predicted octanol–water partition coefficient (Wildman–Crippen LogP) is 1.38. The zero-order chi connectivity index (χ0) is 5.82. The number of hydrogen-bond donors (Lipinski definition) is 0. The van der Waals surface area contributed by atoms with E-state index in [1.807, 2.05) is 13.0 Å². The molecule has 3 heteroatoms. The third-order valence-electron chi connectivity index (χ3n) is 0.851. The lowest BCUT2D eigenvalue weighted by Crippen LogP contribution is -1.88. The fourth-order valence-corrected chi connectivity index (χ4v) is 0.416. The summed E-state index contributed by atoms with van der Waals surface area (Å²) in [5, 5.41) is 7.18. The van der Waals surface area contributed by atoms with Crippen LogP contribution >= 0.6 is 0 Å². The highest BCUT2D eigenvalue weighted by atomic mass is 15.1. The van der Waals surface area contributed by atoms with Gasteiger partial charge in [0.05, 0.1) is 6.04 Å². The summed E-state index contributed by atoms with van der Waals surface area (Å²) < 4.78 is 0. The Labute approximate surface area is 47.8 Å². The quantitative estimate of drug-likeness (QED) is 0.450. The van der Waals surface area contributed by atoms with Crippen LogP contribution in [-0.2, 0) is 0 Å². The summed E-state index contributed by atoms with van der Waals surface area (Å²) in [6, 6.07) is 0.227. The molecule has 0 N–H and O–H groups in total. The molecule has 0 saturated heterocycles. The van der Waals surface area contributed by atoms with Crippen molar-refractivity contribution in [3.63, 3.8) is 0 Å². The van der Waals surface area contributed by atoms with Gasteiger partial charge in [-0.15, -0.1) is 5.11 Å². The van der Waals surface area contributed by atoms with Gasteiger partial charge in [0.15, 0.2) is 0 Å². The van der Waals surface area contributed by atoms with E-state index in [0.29, 0.717) is 0 Å². The van der Waals surface area contributed by atoms with Crippen LogP contribution in [0.3, 0.4) is 0 Å². The van der Waals surface area contributed by atoms with Crippen LogP contribution in [0.15, 0.2) is 27.5 Å². The second-order valence-corrected chi connectivity index (χ2v) is 1.58. The summed E-state index contributed by atoms with van der Waals surface area (Å²) in [5.74, 6) is 0. The molecular weight excluding hydrogens is 102 g/mol. The maximum Gasteiger partial charge on any atom is 0.133 e. The Morgan fingerprint density at radius 1 is 1.38 bits per heavy atom. The van der Waals surface area contributed by atoms with Gasteiger partial charge in [-0.2, -0.15) is 5.11 Å². The largest absolute Gasteiger partial charge is 0.264 e. The van der Waals surface area contributed by atoms with E-state index in [4.69, 9.17) is 0 Å². The van der Waals surface area contributed by atoms with E-state index in [9.17, 15) is 0 Å². The van der Waals surface area contributed by atoms with Crippen LogP contribution in [0.1, 0.15) is 6.92 Å². The lowest BCUT2D eigenvalue weighted by molar-refractivity contribution is 0.933. The highest BCUT2D eigenvalue weighted by Gasteiger charge is 1.89. The second kappa shape index (κ2) is 2.35. The van der Waals surface area contributed by atoms with Gasteiger partial charge in [-0.1, -0.05) is 0 Å². The predicted molar refractivity (Wildman–Crippen MR) is 31.9 cm³/mol. The van der Waals surface area contributed by atoms with Gasteiger partial charge < -0.3 is 0 Å². The molecule has 0 aromatic carbocycles. The normalized spacial score (nSPS) is 25.9. The fraction of sp³-hybridized carbons (Fsp3) is 0.400. The Kier molecular flexibility index (Phi) is 1.51. The molecule has 42 valence electrons. The lowest BCUT2D eigenvalue weighted by atomic mass is 10.3. The zero-order valence-electron chi connectivity index (χ0n) is 4.65. The minimum atomic E-state index is 0.227. The summed E-state index contributed by atoms with van der Waals surface area (Å²) in [6.45, 7) is 1.98. The second-order valence-electron chi connectivity index (χ2n) is 1.58. The molecule has 3 nitrogen and oxygen atoms in total. The summed E-state index contributed by atoms with van der Waals surface area (Å²) >= 11 is 0. The Bertz CT molecular complexity index is 130. The number of azo groups is 1. The van der Waals surface area contributed by atoms with Crippen molar-refractivity contribution in [1.82, 2.24) is 0 Å². The number of aliphatic imine (C=N–C) groups is 1. The Morgan fingerprint density at radius 2 is 2.25 bits per heavy atom. The highest BCUT2D eigenvalue weighted by molar-refractivity contribution is 5.55. The van der Waals surface area contributed by atoms with Crippen LogP contribution in [0.4, 0.5) is 0 Å². The number of hydrogen-bond acceptors (Lipinski definition) is 3. The van der Waals surface area contributed by atoms with Gasteiger partial charge in [-0.3, -0.25) is 4.99 Å². The molecule has 1 rings (SSSR count). The van der Waals surface area contributed by atoms with Gasteiger partial charge in [0.1, 0.15) is 6.34 Å². The summed E-state index contributed by atoms with van der Waals surface area (Å²) in [7, 11) is 0. The van der Waals surface area contributed by atoms with Gasteiger partial charge in [0.2, 0.25) is 0 Å². The third kappa shape index (κ3) is 1.26. The van der Waals surface area contributed by atoms with Gasteiger partial charge in [-0.05, 0) is 13.0 Å². The minimum absolute atomic E-state index is 0.227. The van der Waals surface area contributed by atoms with Crippen molar-refractivity contribution < 1.29 is 0 Å². The third-order valence-corrected chi connectivity index (χ3v) is 0.851. The van der Waals surface area contributed by atoms with Gasteiger partial charge in [0.25, 0.3) is 0 Å². The highest BCUT2D eigenvalue weighted by Crippen LogP contribution is 1.94. The van der Waals surface area contributed by atoms with Gasteiger partial charge >= 0.3 is 0 Å². The molecule has 1 atom stereocenters. The van der Waals surface area contributed by atoms with E-state index in [0.717, 1.165) is 0 Å². The first kappa shape index (κ1) is 5.15. The monoisotopic (exact) mass is 109 g/mol. The van der Waals surface area contributed by atoms with E-state index in [1.54, 1.807) is 6.20 Å². The summed E-state index contributed by atoms with van der Waals surface area (Å²) in [6.07, 6.45) is 5.00. The molecule has 1 aliphatic rings. The van der Waals surface area contributed by atoms with Crippen LogP contribution in [0.2, 0.25) is 0 Å². The van der Waals surface area contributed by atoms with Crippen LogP contribution in [0.5, 0.6) is 0 Å². The van der Waals surface area contributed by atoms with E-state index < -0.39 is 0 Å². The minimum Gasteiger partial charge on any atom is -0.264 e. The molecule has 1 unspecified atom stereocenters. The maximum atomic E-state index is 3.95. The standard InChI is InChI=1S/C5H7N3/c1-5-2-3-7-8-4-6-5/h2-5H,1H3. The average Bonchev–Trinajstić information content (AvgIpc) is 1.94. The van der Waals surface area contributed by atoms with Crippen LogP contribution in [0, 0.1) is 0 Å².